The third-order valence-electron chi connectivity index (χ3n) is 2.63. The first kappa shape index (κ1) is 16.8. The van der Waals surface area contributed by atoms with Crippen LogP contribution in [0.4, 0.5) is 5.69 Å². The second-order valence-corrected chi connectivity index (χ2v) is 4.13. The minimum absolute atomic E-state index is 0.265. The largest absolute Gasteiger partial charge is 0.497 e. The van der Waals surface area contributed by atoms with Gasteiger partial charge < -0.3 is 24.8 Å². The molecule has 0 aliphatic rings. The molecule has 7 nitrogen and oxygen atoms in total. The van der Waals surface area contributed by atoms with Crippen molar-refractivity contribution in [2.75, 3.05) is 39.8 Å². The molecule has 0 radical (unpaired) electrons. The number of nitrogens with one attached hydrogen (secondary N) is 2. The number of amides is 2. The second-order valence-electron chi connectivity index (χ2n) is 4.13. The molecular formula is C14H20N2O5. The third kappa shape index (κ3) is 5.70. The van der Waals surface area contributed by atoms with Crippen LogP contribution in [-0.2, 0) is 14.3 Å². The first-order valence-electron chi connectivity index (χ1n) is 6.38. The standard InChI is InChI=1S/C14H20N2O5/c1-19-7-6-15-13(17)9-14(18)16-11-5-4-10(20-2)8-12(11)21-3/h4-5,8H,6-7,9H2,1-3H3,(H,15,17)(H,16,18). The highest BCUT2D eigenvalue weighted by atomic mass is 16.5. The van der Waals surface area contributed by atoms with Crippen LogP contribution in [0.2, 0.25) is 0 Å². The summed E-state index contributed by atoms with van der Waals surface area (Å²) in [5.74, 6) is 0.287. The molecule has 2 N–H and O–H groups in total. The SMILES string of the molecule is COCCNC(=O)CC(=O)Nc1ccc(OC)cc1OC. The molecule has 21 heavy (non-hydrogen) atoms. The van der Waals surface area contributed by atoms with Crippen LogP contribution in [0.15, 0.2) is 18.2 Å². The Morgan fingerprint density at radius 1 is 1.10 bits per heavy atom. The normalized spacial score (nSPS) is 9.86. The Balaban J connectivity index is 2.56. The van der Waals surface area contributed by atoms with E-state index >= 15 is 0 Å². The van der Waals surface area contributed by atoms with Gasteiger partial charge in [0, 0.05) is 19.7 Å². The third-order valence-corrected chi connectivity index (χ3v) is 2.63. The van der Waals surface area contributed by atoms with E-state index < -0.39 is 5.91 Å². The maximum absolute atomic E-state index is 11.8. The van der Waals surface area contributed by atoms with Crippen LogP contribution in [0.3, 0.4) is 0 Å². The lowest BCUT2D eigenvalue weighted by Crippen LogP contribution is -2.30. The summed E-state index contributed by atoms with van der Waals surface area (Å²) < 4.78 is 15.0. The van der Waals surface area contributed by atoms with Crippen molar-refractivity contribution in [3.63, 3.8) is 0 Å². The number of ether oxygens (including phenoxy) is 3. The Morgan fingerprint density at radius 2 is 1.86 bits per heavy atom. The molecule has 1 aromatic carbocycles. The molecule has 0 aromatic heterocycles. The second kappa shape index (κ2) is 8.80. The zero-order valence-electron chi connectivity index (χ0n) is 12.4. The fraction of sp³-hybridized carbons (Fsp3) is 0.429. The first-order chi connectivity index (χ1) is 10.1. The van der Waals surface area contributed by atoms with Crippen molar-refractivity contribution < 1.29 is 23.8 Å². The average molecular weight is 296 g/mol. The van der Waals surface area contributed by atoms with Crippen LogP contribution in [-0.4, -0.2) is 46.3 Å². The quantitative estimate of drug-likeness (QED) is 0.547. The molecule has 0 heterocycles. The smallest absolute Gasteiger partial charge is 0.233 e. The van der Waals surface area contributed by atoms with Gasteiger partial charge in [0.05, 0.1) is 26.5 Å². The van der Waals surface area contributed by atoms with E-state index in [1.807, 2.05) is 0 Å². The molecule has 0 aliphatic heterocycles. The molecule has 0 bridgehead atoms. The van der Waals surface area contributed by atoms with E-state index in [1.165, 1.54) is 21.3 Å². The van der Waals surface area contributed by atoms with Crippen molar-refractivity contribution in [2.45, 2.75) is 6.42 Å². The maximum atomic E-state index is 11.8. The predicted octanol–water partition coefficient (Wildman–Crippen LogP) is 0.795. The minimum atomic E-state index is -0.423. The van der Waals surface area contributed by atoms with E-state index in [0.29, 0.717) is 30.3 Å². The summed E-state index contributed by atoms with van der Waals surface area (Å²) in [6.45, 7) is 0.772. The fourth-order valence-electron chi connectivity index (χ4n) is 1.60. The average Bonchev–Trinajstić information content (AvgIpc) is 2.47. The summed E-state index contributed by atoms with van der Waals surface area (Å²) in [5, 5.41) is 5.19. The number of anilines is 1. The Kier molecular flexibility index (Phi) is 7.03. The van der Waals surface area contributed by atoms with Gasteiger partial charge in [-0.05, 0) is 12.1 Å². The molecule has 0 saturated heterocycles. The lowest BCUT2D eigenvalue weighted by Gasteiger charge is -2.11. The van der Waals surface area contributed by atoms with Crippen molar-refractivity contribution in [2.24, 2.45) is 0 Å². The lowest BCUT2D eigenvalue weighted by molar-refractivity contribution is -0.126. The lowest BCUT2D eigenvalue weighted by atomic mass is 10.2. The predicted molar refractivity (Wildman–Crippen MR) is 77.7 cm³/mol. The van der Waals surface area contributed by atoms with Crippen molar-refractivity contribution in [1.29, 1.82) is 0 Å². The van der Waals surface area contributed by atoms with Gasteiger partial charge in [-0.25, -0.2) is 0 Å². The summed E-state index contributed by atoms with van der Waals surface area (Å²) in [6, 6.07) is 4.99. The van der Waals surface area contributed by atoms with Crippen LogP contribution < -0.4 is 20.1 Å². The van der Waals surface area contributed by atoms with Crippen molar-refractivity contribution in [1.82, 2.24) is 5.32 Å². The molecule has 7 heteroatoms. The van der Waals surface area contributed by atoms with Gasteiger partial charge in [-0.2, -0.15) is 0 Å². The van der Waals surface area contributed by atoms with Crippen LogP contribution in [0.25, 0.3) is 0 Å². The number of methoxy groups -OCH3 is 3. The Morgan fingerprint density at radius 3 is 2.48 bits per heavy atom. The topological polar surface area (TPSA) is 85.9 Å². The molecule has 1 aromatic rings. The molecule has 0 aliphatic carbocycles. The zero-order chi connectivity index (χ0) is 15.7. The number of hydrogen-bond acceptors (Lipinski definition) is 5. The van der Waals surface area contributed by atoms with Gasteiger partial charge in [-0.1, -0.05) is 0 Å². The molecule has 0 saturated carbocycles. The molecule has 0 atom stereocenters. The highest BCUT2D eigenvalue weighted by Gasteiger charge is 2.12. The Labute approximate surface area is 123 Å². The minimum Gasteiger partial charge on any atom is -0.497 e. The van der Waals surface area contributed by atoms with Gasteiger partial charge in [-0.3, -0.25) is 9.59 Å². The summed E-state index contributed by atoms with van der Waals surface area (Å²) in [5.41, 5.74) is 0.480. The van der Waals surface area contributed by atoms with Gasteiger partial charge in [0.1, 0.15) is 17.9 Å². The molecule has 116 valence electrons. The Hall–Kier alpha value is -2.28. The molecule has 0 unspecified atom stereocenters. The number of hydrogen-bond donors (Lipinski definition) is 2. The summed E-state index contributed by atoms with van der Waals surface area (Å²) in [4.78, 5) is 23.3. The molecular weight excluding hydrogens is 276 g/mol. The van der Waals surface area contributed by atoms with E-state index in [2.05, 4.69) is 10.6 Å². The van der Waals surface area contributed by atoms with Crippen LogP contribution in [0.5, 0.6) is 11.5 Å². The van der Waals surface area contributed by atoms with E-state index in [9.17, 15) is 9.59 Å². The first-order valence-corrected chi connectivity index (χ1v) is 6.38. The number of carbonyl (C=O) groups excluding carboxylic acids is 2. The molecule has 1 rings (SSSR count). The van der Waals surface area contributed by atoms with Gasteiger partial charge >= 0.3 is 0 Å². The molecule has 2 amide bonds. The van der Waals surface area contributed by atoms with Gasteiger partial charge in [0.2, 0.25) is 11.8 Å². The van der Waals surface area contributed by atoms with Crippen molar-refractivity contribution >= 4 is 17.5 Å². The van der Waals surface area contributed by atoms with E-state index in [1.54, 1.807) is 18.2 Å². The van der Waals surface area contributed by atoms with E-state index in [0.717, 1.165) is 0 Å². The fourth-order valence-corrected chi connectivity index (χ4v) is 1.60. The van der Waals surface area contributed by atoms with Crippen molar-refractivity contribution in [3.8, 4) is 11.5 Å². The zero-order valence-corrected chi connectivity index (χ0v) is 12.4. The molecule has 0 fully saturated rings. The van der Waals surface area contributed by atoms with Crippen LogP contribution in [0.1, 0.15) is 6.42 Å². The van der Waals surface area contributed by atoms with Crippen LogP contribution >= 0.6 is 0 Å². The van der Waals surface area contributed by atoms with Gasteiger partial charge in [-0.15, -0.1) is 0 Å². The summed E-state index contributed by atoms with van der Waals surface area (Å²) in [7, 11) is 4.56. The monoisotopic (exact) mass is 296 g/mol. The van der Waals surface area contributed by atoms with Crippen LogP contribution in [0, 0.1) is 0 Å². The van der Waals surface area contributed by atoms with Gasteiger partial charge in [0.15, 0.2) is 0 Å². The number of carbonyl (C=O) groups is 2. The Bertz CT molecular complexity index is 490. The van der Waals surface area contributed by atoms with Gasteiger partial charge in [0.25, 0.3) is 0 Å². The summed E-state index contributed by atoms with van der Waals surface area (Å²) in [6.07, 6.45) is -0.265. The highest BCUT2D eigenvalue weighted by molar-refractivity contribution is 6.04. The molecule has 0 spiro atoms. The van der Waals surface area contributed by atoms with Crippen molar-refractivity contribution in [3.05, 3.63) is 18.2 Å². The summed E-state index contributed by atoms with van der Waals surface area (Å²) >= 11 is 0. The number of rotatable bonds is 8. The number of benzene rings is 1. The van der Waals surface area contributed by atoms with E-state index in [4.69, 9.17) is 14.2 Å². The van der Waals surface area contributed by atoms with E-state index in [-0.39, 0.29) is 12.3 Å². The maximum Gasteiger partial charge on any atom is 0.233 e. The highest BCUT2D eigenvalue weighted by Crippen LogP contribution is 2.28.